The van der Waals surface area contributed by atoms with E-state index in [9.17, 15) is 4.79 Å². The first-order chi connectivity index (χ1) is 5.74. The fourth-order valence-corrected chi connectivity index (χ4v) is 1.32. The Morgan fingerprint density at radius 1 is 1.42 bits per heavy atom. The molecular formula is C8H7IO2S. The minimum atomic E-state index is -0.293. The fraction of sp³-hybridized carbons (Fsp3) is 0.125. The van der Waals surface area contributed by atoms with Gasteiger partial charge in [0.15, 0.2) is 0 Å². The lowest BCUT2D eigenvalue weighted by molar-refractivity contribution is 0.0769. The normalized spacial score (nSPS) is 9.50. The lowest BCUT2D eigenvalue weighted by Crippen LogP contribution is -1.98. The summed E-state index contributed by atoms with van der Waals surface area (Å²) in [7, 11) is 0. The quantitative estimate of drug-likeness (QED) is 0.619. The van der Waals surface area contributed by atoms with Crippen LogP contribution in [0.4, 0.5) is 0 Å². The summed E-state index contributed by atoms with van der Waals surface area (Å²) in [5.41, 5.74) is 0.588. The number of hydrogen-bond donors (Lipinski definition) is 0. The molecule has 0 fully saturated rings. The predicted octanol–water partition coefficient (Wildman–Crippen LogP) is 2.73. The summed E-state index contributed by atoms with van der Waals surface area (Å²) in [6.45, 7) is 0. The van der Waals surface area contributed by atoms with Crippen LogP contribution in [-0.4, -0.2) is 12.2 Å². The standard InChI is InChI=1S/C8H7IO2S/c1-12-11-8(10)6-2-4-7(9)5-3-6/h2-5H,1H3. The van der Waals surface area contributed by atoms with Crippen LogP contribution in [0, 0.1) is 3.57 Å². The van der Waals surface area contributed by atoms with Gasteiger partial charge in [0, 0.05) is 9.83 Å². The molecule has 0 heterocycles. The van der Waals surface area contributed by atoms with Crippen LogP contribution in [-0.2, 0) is 4.18 Å². The van der Waals surface area contributed by atoms with Gasteiger partial charge >= 0.3 is 5.97 Å². The molecule has 0 aliphatic carbocycles. The van der Waals surface area contributed by atoms with Gasteiger partial charge in [-0.05, 0) is 46.9 Å². The van der Waals surface area contributed by atoms with E-state index in [1.807, 2.05) is 12.1 Å². The Labute approximate surface area is 89.0 Å². The highest BCUT2D eigenvalue weighted by molar-refractivity contribution is 14.1. The Bertz CT molecular complexity index is 271. The summed E-state index contributed by atoms with van der Waals surface area (Å²) in [5.74, 6) is -0.293. The molecule has 2 nitrogen and oxygen atoms in total. The molecule has 64 valence electrons. The van der Waals surface area contributed by atoms with E-state index in [-0.39, 0.29) is 5.97 Å². The van der Waals surface area contributed by atoms with Crippen LogP contribution in [0.3, 0.4) is 0 Å². The van der Waals surface area contributed by atoms with Crippen LogP contribution in [0.15, 0.2) is 24.3 Å². The Morgan fingerprint density at radius 2 is 2.00 bits per heavy atom. The Kier molecular flexibility index (Phi) is 3.87. The number of hydrogen-bond acceptors (Lipinski definition) is 3. The van der Waals surface area contributed by atoms with Crippen LogP contribution in [0.2, 0.25) is 0 Å². The second kappa shape index (κ2) is 4.71. The minimum Gasteiger partial charge on any atom is -0.388 e. The van der Waals surface area contributed by atoms with Gasteiger partial charge in [-0.1, -0.05) is 0 Å². The first kappa shape index (κ1) is 9.85. The van der Waals surface area contributed by atoms with Crippen LogP contribution in [0.1, 0.15) is 10.4 Å². The smallest absolute Gasteiger partial charge is 0.350 e. The van der Waals surface area contributed by atoms with Gasteiger partial charge in [0.25, 0.3) is 0 Å². The lowest BCUT2D eigenvalue weighted by atomic mass is 10.2. The summed E-state index contributed by atoms with van der Waals surface area (Å²) < 4.78 is 5.85. The maximum absolute atomic E-state index is 11.1. The maximum Gasteiger partial charge on any atom is 0.350 e. The van der Waals surface area contributed by atoms with Gasteiger partial charge < -0.3 is 4.18 Å². The molecule has 0 unspecified atom stereocenters. The zero-order chi connectivity index (χ0) is 8.97. The van der Waals surface area contributed by atoms with E-state index in [1.54, 1.807) is 18.4 Å². The summed E-state index contributed by atoms with van der Waals surface area (Å²) in [5, 5.41) is 0. The van der Waals surface area contributed by atoms with Crippen molar-refractivity contribution in [3.8, 4) is 0 Å². The largest absolute Gasteiger partial charge is 0.388 e. The average molecular weight is 294 g/mol. The van der Waals surface area contributed by atoms with E-state index >= 15 is 0 Å². The molecule has 1 rings (SSSR count). The van der Waals surface area contributed by atoms with E-state index in [2.05, 4.69) is 22.6 Å². The van der Waals surface area contributed by atoms with Crippen molar-refractivity contribution >= 4 is 40.6 Å². The minimum absolute atomic E-state index is 0.293. The molecule has 0 radical (unpaired) electrons. The van der Waals surface area contributed by atoms with Gasteiger partial charge in [-0.15, -0.1) is 0 Å². The van der Waals surface area contributed by atoms with Gasteiger partial charge in [-0.25, -0.2) is 4.79 Å². The van der Waals surface area contributed by atoms with E-state index in [4.69, 9.17) is 4.18 Å². The van der Waals surface area contributed by atoms with Gasteiger partial charge in [0.2, 0.25) is 0 Å². The Hall–Kier alpha value is -0.230. The maximum atomic E-state index is 11.1. The van der Waals surface area contributed by atoms with Crippen molar-refractivity contribution in [3.05, 3.63) is 33.4 Å². The lowest BCUT2D eigenvalue weighted by Gasteiger charge is -1.98. The van der Waals surface area contributed by atoms with Gasteiger partial charge in [-0.3, -0.25) is 0 Å². The van der Waals surface area contributed by atoms with Gasteiger partial charge in [-0.2, -0.15) is 0 Å². The van der Waals surface area contributed by atoms with E-state index in [0.717, 1.165) is 15.6 Å². The van der Waals surface area contributed by atoms with Crippen LogP contribution < -0.4 is 0 Å². The van der Waals surface area contributed by atoms with E-state index in [0.29, 0.717) is 5.56 Å². The van der Waals surface area contributed by atoms with Crippen molar-refractivity contribution in [3.63, 3.8) is 0 Å². The highest BCUT2D eigenvalue weighted by atomic mass is 127. The van der Waals surface area contributed by atoms with E-state index < -0.39 is 0 Å². The Balaban J connectivity index is 2.75. The average Bonchev–Trinajstić information content (AvgIpc) is 2.06. The molecule has 1 aromatic rings. The molecular weight excluding hydrogens is 287 g/mol. The zero-order valence-electron chi connectivity index (χ0n) is 6.41. The molecule has 0 atom stereocenters. The van der Waals surface area contributed by atoms with Gasteiger partial charge in [0.1, 0.15) is 0 Å². The van der Waals surface area contributed by atoms with Crippen LogP contribution in [0.25, 0.3) is 0 Å². The summed E-state index contributed by atoms with van der Waals surface area (Å²) in [6.07, 6.45) is 1.71. The van der Waals surface area contributed by atoms with E-state index in [1.165, 1.54) is 0 Å². The second-order valence-electron chi connectivity index (χ2n) is 2.04. The monoisotopic (exact) mass is 294 g/mol. The molecule has 0 aliphatic heterocycles. The number of benzene rings is 1. The zero-order valence-corrected chi connectivity index (χ0v) is 9.39. The third-order valence-electron chi connectivity index (χ3n) is 1.24. The van der Waals surface area contributed by atoms with Crippen molar-refractivity contribution in [2.75, 3.05) is 6.26 Å². The molecule has 1 aromatic carbocycles. The Morgan fingerprint density at radius 3 is 2.50 bits per heavy atom. The predicted molar refractivity (Wildman–Crippen MR) is 58.1 cm³/mol. The molecule has 0 saturated heterocycles. The van der Waals surface area contributed by atoms with Crippen LogP contribution >= 0.6 is 34.6 Å². The second-order valence-corrected chi connectivity index (χ2v) is 3.79. The van der Waals surface area contributed by atoms with Crippen molar-refractivity contribution in [2.24, 2.45) is 0 Å². The number of halogens is 1. The van der Waals surface area contributed by atoms with Crippen molar-refractivity contribution in [1.82, 2.24) is 0 Å². The third-order valence-corrected chi connectivity index (χ3v) is 2.28. The molecule has 0 spiro atoms. The molecule has 0 N–H and O–H groups in total. The SMILES string of the molecule is CSOC(=O)c1ccc(I)cc1. The molecule has 4 heteroatoms. The highest BCUT2D eigenvalue weighted by Gasteiger charge is 2.04. The third kappa shape index (κ3) is 2.67. The molecule has 0 aliphatic rings. The number of rotatable bonds is 2. The van der Waals surface area contributed by atoms with Gasteiger partial charge in [0.05, 0.1) is 17.6 Å². The summed E-state index contributed by atoms with van der Waals surface area (Å²) >= 11 is 3.24. The molecule has 0 saturated carbocycles. The first-order valence-electron chi connectivity index (χ1n) is 3.24. The van der Waals surface area contributed by atoms with Crippen molar-refractivity contribution < 1.29 is 8.98 Å². The van der Waals surface area contributed by atoms with Crippen molar-refractivity contribution in [1.29, 1.82) is 0 Å². The van der Waals surface area contributed by atoms with Crippen molar-refractivity contribution in [2.45, 2.75) is 0 Å². The fourth-order valence-electron chi connectivity index (χ4n) is 0.710. The first-order valence-corrected chi connectivity index (χ1v) is 5.47. The molecule has 0 bridgehead atoms. The molecule has 0 aromatic heterocycles. The molecule has 12 heavy (non-hydrogen) atoms. The topological polar surface area (TPSA) is 26.3 Å². The summed E-state index contributed by atoms with van der Waals surface area (Å²) in [4.78, 5) is 11.1. The summed E-state index contributed by atoms with van der Waals surface area (Å²) in [6, 6.07) is 7.25. The number of carbonyl (C=O) groups is 1. The highest BCUT2D eigenvalue weighted by Crippen LogP contribution is 2.09. The number of carbonyl (C=O) groups excluding carboxylic acids is 1. The molecule has 0 amide bonds. The van der Waals surface area contributed by atoms with Crippen LogP contribution in [0.5, 0.6) is 0 Å².